The molecule has 0 spiro atoms. The van der Waals surface area contributed by atoms with Crippen molar-refractivity contribution in [3.8, 4) is 0 Å². The molecule has 0 aliphatic heterocycles. The zero-order valence-electron chi connectivity index (χ0n) is 13.6. The van der Waals surface area contributed by atoms with Crippen molar-refractivity contribution in [1.29, 1.82) is 0 Å². The molecule has 3 nitrogen and oxygen atoms in total. The molecule has 2 aromatic carbocycles. The average molecular weight is 355 g/mol. The fourth-order valence-corrected chi connectivity index (χ4v) is 2.36. The molecular weight excluding hydrogens is 334 g/mol. The van der Waals surface area contributed by atoms with E-state index in [0.29, 0.717) is 5.56 Å². The Morgan fingerprint density at radius 3 is 2.29 bits per heavy atom. The minimum Gasteiger partial charge on any atom is -0.339 e. The molecule has 2 unspecified atom stereocenters. The van der Waals surface area contributed by atoms with Gasteiger partial charge in [0.25, 0.3) is 0 Å². The second-order valence-electron chi connectivity index (χ2n) is 5.58. The van der Waals surface area contributed by atoms with Crippen molar-refractivity contribution in [3.05, 3.63) is 71.3 Å². The predicted octanol–water partition coefficient (Wildman–Crippen LogP) is 4.00. The fourth-order valence-electron chi connectivity index (χ4n) is 2.36. The van der Waals surface area contributed by atoms with Gasteiger partial charge in [0.2, 0.25) is 5.91 Å². The molecule has 0 heterocycles. The molecule has 2 N–H and O–H groups in total. The summed E-state index contributed by atoms with van der Waals surface area (Å²) in [5.74, 6) is -1.98. The van der Waals surface area contributed by atoms with E-state index in [1.807, 2.05) is 30.3 Å². The van der Waals surface area contributed by atoms with Crippen LogP contribution in [0.1, 0.15) is 36.6 Å². The number of hydrogen-bond acceptors (Lipinski definition) is 2. The van der Waals surface area contributed by atoms with Crippen molar-refractivity contribution >= 4 is 18.3 Å². The first-order chi connectivity index (χ1) is 10.9. The smallest absolute Gasteiger partial charge is 0.224 e. The topological polar surface area (TPSA) is 46.3 Å². The minimum absolute atomic E-state index is 0. The van der Waals surface area contributed by atoms with E-state index in [4.69, 9.17) is 5.73 Å². The van der Waals surface area contributed by atoms with Crippen molar-refractivity contribution < 1.29 is 13.6 Å². The van der Waals surface area contributed by atoms with E-state index in [9.17, 15) is 13.6 Å². The van der Waals surface area contributed by atoms with Gasteiger partial charge in [0.15, 0.2) is 11.6 Å². The summed E-state index contributed by atoms with van der Waals surface area (Å²) in [4.78, 5) is 13.9. The minimum atomic E-state index is -0.920. The lowest BCUT2D eigenvalue weighted by molar-refractivity contribution is -0.132. The van der Waals surface area contributed by atoms with Crippen molar-refractivity contribution in [2.24, 2.45) is 5.73 Å². The molecule has 0 bridgehead atoms. The Hall–Kier alpha value is -1.98. The average Bonchev–Trinajstić information content (AvgIpc) is 2.56. The predicted molar refractivity (Wildman–Crippen MR) is 92.8 cm³/mol. The van der Waals surface area contributed by atoms with Gasteiger partial charge in [-0.05, 0) is 30.2 Å². The summed E-state index contributed by atoms with van der Waals surface area (Å²) in [7, 11) is 1.63. The van der Waals surface area contributed by atoms with Crippen molar-refractivity contribution in [3.63, 3.8) is 0 Å². The third-order valence-corrected chi connectivity index (χ3v) is 4.02. The summed E-state index contributed by atoms with van der Waals surface area (Å²) >= 11 is 0. The zero-order valence-corrected chi connectivity index (χ0v) is 14.4. The number of nitrogens with two attached hydrogens (primary N) is 1. The fraction of sp³-hybridized carbons (Fsp3) is 0.278. The van der Waals surface area contributed by atoms with Crippen LogP contribution < -0.4 is 5.73 Å². The van der Waals surface area contributed by atoms with Gasteiger partial charge in [0, 0.05) is 19.5 Å². The number of benzene rings is 2. The SMILES string of the molecule is CC(c1ccc(F)c(F)c1)N(C)C(=O)CC(N)c1ccccc1.Cl. The lowest BCUT2D eigenvalue weighted by Crippen LogP contribution is -2.32. The van der Waals surface area contributed by atoms with Gasteiger partial charge in [-0.2, -0.15) is 0 Å². The van der Waals surface area contributed by atoms with E-state index in [2.05, 4.69) is 0 Å². The maximum Gasteiger partial charge on any atom is 0.224 e. The third-order valence-electron chi connectivity index (χ3n) is 4.02. The number of nitrogens with zero attached hydrogens (tertiary/aromatic N) is 1. The third kappa shape index (κ3) is 4.76. The molecular formula is C18H21ClF2N2O. The highest BCUT2D eigenvalue weighted by atomic mass is 35.5. The van der Waals surface area contributed by atoms with Crippen LogP contribution in [0.4, 0.5) is 8.78 Å². The molecule has 1 amide bonds. The Morgan fingerprint density at radius 1 is 1.08 bits per heavy atom. The normalized spacial score (nSPS) is 12.9. The Labute approximate surface area is 146 Å². The summed E-state index contributed by atoms with van der Waals surface area (Å²) in [5, 5.41) is 0. The molecule has 0 fully saturated rings. The molecule has 0 saturated carbocycles. The van der Waals surface area contributed by atoms with E-state index in [1.165, 1.54) is 11.0 Å². The Morgan fingerprint density at radius 2 is 1.71 bits per heavy atom. The van der Waals surface area contributed by atoms with E-state index in [-0.39, 0.29) is 30.8 Å². The monoisotopic (exact) mass is 354 g/mol. The molecule has 2 rings (SSSR count). The van der Waals surface area contributed by atoms with Gasteiger partial charge in [0.1, 0.15) is 0 Å². The molecule has 24 heavy (non-hydrogen) atoms. The van der Waals surface area contributed by atoms with Crippen LogP contribution in [0.15, 0.2) is 48.5 Å². The standard InChI is InChI=1S/C18H20F2N2O.ClH/c1-12(14-8-9-15(19)16(20)10-14)22(2)18(23)11-17(21)13-6-4-3-5-7-13;/h3-10,12,17H,11,21H2,1-2H3;1H. The molecule has 0 radical (unpaired) electrons. The summed E-state index contributed by atoms with van der Waals surface area (Å²) in [5.41, 5.74) is 7.48. The first kappa shape index (κ1) is 20.1. The van der Waals surface area contributed by atoms with Gasteiger partial charge in [-0.15, -0.1) is 12.4 Å². The molecule has 0 aliphatic carbocycles. The number of rotatable bonds is 5. The van der Waals surface area contributed by atoms with Gasteiger partial charge in [0.05, 0.1) is 6.04 Å². The quantitative estimate of drug-likeness (QED) is 0.882. The summed E-state index contributed by atoms with van der Waals surface area (Å²) in [6.07, 6.45) is 0.147. The van der Waals surface area contributed by atoms with Crippen molar-refractivity contribution in [2.45, 2.75) is 25.4 Å². The van der Waals surface area contributed by atoms with Crippen LogP contribution in [0.2, 0.25) is 0 Å². The molecule has 0 aliphatic rings. The molecule has 2 aromatic rings. The van der Waals surface area contributed by atoms with Crippen molar-refractivity contribution in [2.75, 3.05) is 7.05 Å². The molecule has 2 atom stereocenters. The second-order valence-corrected chi connectivity index (χ2v) is 5.58. The highest BCUT2D eigenvalue weighted by molar-refractivity contribution is 5.85. The lowest BCUT2D eigenvalue weighted by atomic mass is 10.0. The van der Waals surface area contributed by atoms with E-state index < -0.39 is 17.7 Å². The van der Waals surface area contributed by atoms with Gasteiger partial charge in [-0.25, -0.2) is 8.78 Å². The number of amides is 1. The number of carbonyl (C=O) groups is 1. The molecule has 0 saturated heterocycles. The maximum absolute atomic E-state index is 13.3. The number of halogens is 3. The summed E-state index contributed by atoms with van der Waals surface area (Å²) in [6, 6.07) is 12.2. The van der Waals surface area contributed by atoms with Gasteiger partial charge in [-0.1, -0.05) is 36.4 Å². The Balaban J connectivity index is 0.00000288. The molecule has 6 heteroatoms. The van der Waals surface area contributed by atoms with Crippen LogP contribution in [0.5, 0.6) is 0 Å². The second kappa shape index (κ2) is 8.76. The maximum atomic E-state index is 13.3. The Bertz CT molecular complexity index is 682. The van der Waals surface area contributed by atoms with Crippen LogP contribution in [0.3, 0.4) is 0 Å². The van der Waals surface area contributed by atoms with E-state index in [0.717, 1.165) is 17.7 Å². The Kier molecular flexibility index (Phi) is 7.32. The van der Waals surface area contributed by atoms with Gasteiger partial charge >= 0.3 is 0 Å². The van der Waals surface area contributed by atoms with Crippen LogP contribution >= 0.6 is 12.4 Å². The highest BCUT2D eigenvalue weighted by Crippen LogP contribution is 2.23. The van der Waals surface area contributed by atoms with Crippen molar-refractivity contribution in [1.82, 2.24) is 4.90 Å². The summed E-state index contributed by atoms with van der Waals surface area (Å²) < 4.78 is 26.3. The largest absolute Gasteiger partial charge is 0.339 e. The number of carbonyl (C=O) groups excluding carboxylic acids is 1. The first-order valence-electron chi connectivity index (χ1n) is 7.41. The first-order valence-corrected chi connectivity index (χ1v) is 7.41. The van der Waals surface area contributed by atoms with Gasteiger partial charge < -0.3 is 10.6 Å². The molecule has 0 aromatic heterocycles. The van der Waals surface area contributed by atoms with E-state index >= 15 is 0 Å². The van der Waals surface area contributed by atoms with Crippen LogP contribution in [-0.4, -0.2) is 17.9 Å². The lowest BCUT2D eigenvalue weighted by Gasteiger charge is -2.26. The van der Waals surface area contributed by atoms with Gasteiger partial charge in [-0.3, -0.25) is 4.79 Å². The van der Waals surface area contributed by atoms with Crippen LogP contribution in [0, 0.1) is 11.6 Å². The van der Waals surface area contributed by atoms with E-state index in [1.54, 1.807) is 14.0 Å². The highest BCUT2D eigenvalue weighted by Gasteiger charge is 2.21. The molecule has 130 valence electrons. The van der Waals surface area contributed by atoms with Crippen LogP contribution in [-0.2, 0) is 4.79 Å². The number of hydrogen-bond donors (Lipinski definition) is 1. The van der Waals surface area contributed by atoms with Crippen LogP contribution in [0.25, 0.3) is 0 Å². The zero-order chi connectivity index (χ0) is 17.0. The summed E-state index contributed by atoms with van der Waals surface area (Å²) in [6.45, 7) is 1.76.